The molecule has 0 aliphatic rings. The molecule has 0 aliphatic carbocycles. The van der Waals surface area contributed by atoms with E-state index >= 15 is 0 Å². The van der Waals surface area contributed by atoms with Gasteiger partial charge in [0, 0.05) is 5.56 Å². The number of hydrogen-bond donors (Lipinski definition) is 1. The van der Waals surface area contributed by atoms with Gasteiger partial charge in [-0.15, -0.1) is 0 Å². The van der Waals surface area contributed by atoms with Gasteiger partial charge >= 0.3 is 0 Å². The van der Waals surface area contributed by atoms with Gasteiger partial charge in [-0.05, 0) is 26.0 Å². The van der Waals surface area contributed by atoms with Crippen molar-refractivity contribution < 1.29 is 0 Å². The van der Waals surface area contributed by atoms with Crippen LogP contribution in [0.15, 0.2) is 24.4 Å². The topological polar surface area (TPSA) is 28.7 Å². The molecule has 0 bridgehead atoms. The van der Waals surface area contributed by atoms with E-state index in [0.717, 1.165) is 11.3 Å². The highest BCUT2D eigenvalue weighted by Crippen LogP contribution is 2.26. The molecule has 0 unspecified atom stereocenters. The molecule has 0 radical (unpaired) electrons. The predicted molar refractivity (Wildman–Crippen MR) is 58.5 cm³/mol. The van der Waals surface area contributed by atoms with Gasteiger partial charge < -0.3 is 0 Å². The van der Waals surface area contributed by atoms with E-state index in [4.69, 9.17) is 11.6 Å². The first kappa shape index (κ1) is 9.28. The number of rotatable bonds is 1. The summed E-state index contributed by atoms with van der Waals surface area (Å²) in [6.45, 7) is 4.14. The van der Waals surface area contributed by atoms with Crippen molar-refractivity contribution in [2.45, 2.75) is 13.8 Å². The molecule has 0 aliphatic heterocycles. The quantitative estimate of drug-likeness (QED) is 0.762. The molecular formula is C11H11ClN2. The van der Waals surface area contributed by atoms with Crippen LogP contribution in [0.4, 0.5) is 0 Å². The maximum absolute atomic E-state index is 5.99. The molecule has 0 saturated heterocycles. The summed E-state index contributed by atoms with van der Waals surface area (Å²) < 4.78 is 0. The summed E-state index contributed by atoms with van der Waals surface area (Å²) in [6, 6.07) is 6.31. The lowest BCUT2D eigenvalue weighted by molar-refractivity contribution is 1.09. The molecule has 1 aromatic carbocycles. The lowest BCUT2D eigenvalue weighted by atomic mass is 10.1. The van der Waals surface area contributed by atoms with E-state index in [0.29, 0.717) is 5.02 Å². The number of halogens is 1. The second-order valence-corrected chi connectivity index (χ2v) is 3.88. The summed E-state index contributed by atoms with van der Waals surface area (Å²) in [4.78, 5) is 0. The number of H-pyrrole nitrogens is 1. The van der Waals surface area contributed by atoms with Crippen LogP contribution in [0.5, 0.6) is 0 Å². The van der Waals surface area contributed by atoms with Gasteiger partial charge in [0.25, 0.3) is 0 Å². The van der Waals surface area contributed by atoms with E-state index in [-0.39, 0.29) is 0 Å². The second kappa shape index (κ2) is 3.46. The maximum atomic E-state index is 5.99. The van der Waals surface area contributed by atoms with Gasteiger partial charge in [0.15, 0.2) is 0 Å². The van der Waals surface area contributed by atoms with Crippen molar-refractivity contribution >= 4 is 11.6 Å². The molecular weight excluding hydrogens is 196 g/mol. The van der Waals surface area contributed by atoms with Crippen molar-refractivity contribution in [2.24, 2.45) is 0 Å². The first-order chi connectivity index (χ1) is 6.66. The number of nitrogens with zero attached hydrogens (tertiary/aromatic N) is 1. The van der Waals surface area contributed by atoms with Crippen LogP contribution in [-0.4, -0.2) is 10.2 Å². The Balaban J connectivity index is 2.57. The van der Waals surface area contributed by atoms with Gasteiger partial charge in [0.05, 0.1) is 16.9 Å². The van der Waals surface area contributed by atoms with Crippen LogP contribution in [0.1, 0.15) is 11.1 Å². The molecule has 0 atom stereocenters. The van der Waals surface area contributed by atoms with E-state index in [9.17, 15) is 0 Å². The summed E-state index contributed by atoms with van der Waals surface area (Å²) in [5.74, 6) is 0. The van der Waals surface area contributed by atoms with Crippen molar-refractivity contribution in [3.63, 3.8) is 0 Å². The fourth-order valence-electron chi connectivity index (χ4n) is 1.59. The Morgan fingerprint density at radius 3 is 2.29 bits per heavy atom. The fraction of sp³-hybridized carbons (Fsp3) is 0.182. The average Bonchev–Trinajstić information content (AvgIpc) is 2.49. The first-order valence-electron chi connectivity index (χ1n) is 4.44. The number of nitrogens with one attached hydrogen (secondary N) is 1. The second-order valence-electron chi connectivity index (χ2n) is 3.47. The zero-order valence-electron chi connectivity index (χ0n) is 8.13. The van der Waals surface area contributed by atoms with Crippen molar-refractivity contribution in [3.05, 3.63) is 40.5 Å². The molecule has 72 valence electrons. The first-order valence-corrected chi connectivity index (χ1v) is 4.82. The largest absolute Gasteiger partial charge is 0.276 e. The lowest BCUT2D eigenvalue weighted by Gasteiger charge is -2.02. The molecule has 2 rings (SSSR count). The minimum absolute atomic E-state index is 0.662. The molecule has 1 N–H and O–H groups in total. The summed E-state index contributed by atoms with van der Waals surface area (Å²) in [6.07, 6.45) is 1.62. The van der Waals surface area contributed by atoms with Crippen molar-refractivity contribution in [1.29, 1.82) is 0 Å². The third-order valence-corrected chi connectivity index (χ3v) is 2.39. The minimum Gasteiger partial charge on any atom is -0.276 e. The fourth-order valence-corrected chi connectivity index (χ4v) is 1.79. The molecule has 1 aromatic heterocycles. The number of aryl methyl sites for hydroxylation is 2. The van der Waals surface area contributed by atoms with Crippen LogP contribution in [0.3, 0.4) is 0 Å². The smallest absolute Gasteiger partial charge is 0.0862 e. The van der Waals surface area contributed by atoms with Crippen molar-refractivity contribution in [2.75, 3.05) is 0 Å². The van der Waals surface area contributed by atoms with Gasteiger partial charge in [-0.3, -0.25) is 5.10 Å². The minimum atomic E-state index is 0.662. The Bertz CT molecular complexity index is 440. The summed E-state index contributed by atoms with van der Waals surface area (Å²) in [5.41, 5.74) is 4.43. The van der Waals surface area contributed by atoms with Crippen molar-refractivity contribution in [1.82, 2.24) is 10.2 Å². The van der Waals surface area contributed by atoms with Crippen LogP contribution >= 0.6 is 11.6 Å². The van der Waals surface area contributed by atoms with Crippen LogP contribution in [-0.2, 0) is 0 Å². The molecule has 2 aromatic rings. The Hall–Kier alpha value is -1.28. The Morgan fingerprint density at radius 1 is 1.14 bits per heavy atom. The molecule has 2 nitrogen and oxygen atoms in total. The number of aromatic amines is 1. The molecule has 14 heavy (non-hydrogen) atoms. The molecule has 3 heteroatoms. The van der Waals surface area contributed by atoms with E-state index in [1.54, 1.807) is 6.20 Å². The third-order valence-electron chi connectivity index (χ3n) is 2.10. The zero-order valence-corrected chi connectivity index (χ0v) is 8.89. The van der Waals surface area contributed by atoms with E-state index in [1.807, 2.05) is 0 Å². The third kappa shape index (κ3) is 1.66. The maximum Gasteiger partial charge on any atom is 0.0862 e. The molecule has 0 spiro atoms. The Morgan fingerprint density at radius 2 is 1.79 bits per heavy atom. The van der Waals surface area contributed by atoms with Gasteiger partial charge in [-0.25, -0.2) is 0 Å². The normalized spacial score (nSPS) is 10.5. The summed E-state index contributed by atoms with van der Waals surface area (Å²) >= 11 is 5.99. The van der Waals surface area contributed by atoms with Gasteiger partial charge in [0.1, 0.15) is 0 Å². The summed E-state index contributed by atoms with van der Waals surface area (Å²) in [5, 5.41) is 7.46. The standard InChI is InChI=1S/C11H11ClN2/c1-7-3-8(2)5-9(4-7)11-10(12)6-13-14-11/h3-6H,1-2H3,(H,13,14). The van der Waals surface area contributed by atoms with Crippen molar-refractivity contribution in [3.8, 4) is 11.3 Å². The zero-order chi connectivity index (χ0) is 10.1. The molecule has 0 amide bonds. The van der Waals surface area contributed by atoms with Crippen LogP contribution in [0.2, 0.25) is 5.02 Å². The monoisotopic (exact) mass is 206 g/mol. The highest BCUT2D eigenvalue weighted by Gasteiger charge is 2.05. The van der Waals surface area contributed by atoms with Crippen LogP contribution in [0.25, 0.3) is 11.3 Å². The summed E-state index contributed by atoms with van der Waals surface area (Å²) in [7, 11) is 0. The van der Waals surface area contributed by atoms with E-state index < -0.39 is 0 Å². The predicted octanol–water partition coefficient (Wildman–Crippen LogP) is 3.35. The van der Waals surface area contributed by atoms with Gasteiger partial charge in [-0.2, -0.15) is 5.10 Å². The molecule has 0 fully saturated rings. The Labute approximate surface area is 87.9 Å². The number of hydrogen-bond acceptors (Lipinski definition) is 1. The van der Waals surface area contributed by atoms with Gasteiger partial charge in [0.2, 0.25) is 0 Å². The lowest BCUT2D eigenvalue weighted by Crippen LogP contribution is -1.83. The highest BCUT2D eigenvalue weighted by molar-refractivity contribution is 6.32. The molecule has 0 saturated carbocycles. The van der Waals surface area contributed by atoms with Gasteiger partial charge in [-0.1, -0.05) is 28.8 Å². The van der Waals surface area contributed by atoms with Crippen LogP contribution in [0, 0.1) is 13.8 Å². The number of aromatic nitrogens is 2. The van der Waals surface area contributed by atoms with E-state index in [2.05, 4.69) is 42.2 Å². The number of benzene rings is 1. The van der Waals surface area contributed by atoms with E-state index in [1.165, 1.54) is 11.1 Å². The Kier molecular flexibility index (Phi) is 2.30. The average molecular weight is 207 g/mol. The molecule has 1 heterocycles. The van der Waals surface area contributed by atoms with Crippen LogP contribution < -0.4 is 0 Å². The SMILES string of the molecule is Cc1cc(C)cc(-c2[nH]ncc2Cl)c1. The highest BCUT2D eigenvalue weighted by atomic mass is 35.5.